The minimum atomic E-state index is -0.0903. The van der Waals surface area contributed by atoms with Gasteiger partial charge >= 0.3 is 0 Å². The molecular formula is C8H17NO. The summed E-state index contributed by atoms with van der Waals surface area (Å²) in [6, 6.07) is 0. The minimum absolute atomic E-state index is 0.0903. The van der Waals surface area contributed by atoms with Gasteiger partial charge in [-0.2, -0.15) is 0 Å². The van der Waals surface area contributed by atoms with Crippen molar-refractivity contribution < 1.29 is 4.74 Å². The first kappa shape index (κ1) is 8.02. The van der Waals surface area contributed by atoms with Crippen LogP contribution >= 0.6 is 0 Å². The quantitative estimate of drug-likeness (QED) is 0.552. The predicted octanol–water partition coefficient (Wildman–Crippen LogP) is 1.15. The second-order valence-corrected chi connectivity index (χ2v) is 4.21. The van der Waals surface area contributed by atoms with Crippen LogP contribution < -0.4 is 5.73 Å². The number of nitrogens with two attached hydrogens (primary N) is 1. The molecule has 0 amide bonds. The molecule has 2 N–H and O–H groups in total. The Bertz CT molecular complexity index is 120. The molecule has 10 heavy (non-hydrogen) atoms. The Morgan fingerprint density at radius 3 is 2.20 bits per heavy atom. The summed E-state index contributed by atoms with van der Waals surface area (Å²) in [5, 5.41) is 0. The van der Waals surface area contributed by atoms with Crippen LogP contribution in [0.1, 0.15) is 27.2 Å². The fourth-order valence-corrected chi connectivity index (χ4v) is 1.17. The largest absolute Gasteiger partial charge is 0.379 e. The van der Waals surface area contributed by atoms with Crippen LogP contribution in [0.3, 0.4) is 0 Å². The molecule has 0 saturated carbocycles. The highest BCUT2D eigenvalue weighted by atomic mass is 16.5. The van der Waals surface area contributed by atoms with Crippen LogP contribution in [-0.4, -0.2) is 18.8 Å². The lowest BCUT2D eigenvalue weighted by atomic mass is 9.74. The van der Waals surface area contributed by atoms with Crippen LogP contribution in [0.15, 0.2) is 0 Å². The second-order valence-electron chi connectivity index (χ2n) is 4.21. The molecular weight excluding hydrogens is 126 g/mol. The van der Waals surface area contributed by atoms with Crippen LogP contribution in [0.25, 0.3) is 0 Å². The first-order valence-electron chi connectivity index (χ1n) is 3.82. The van der Waals surface area contributed by atoms with Gasteiger partial charge in [0.05, 0.1) is 6.61 Å². The maximum absolute atomic E-state index is 6.11. The molecule has 0 radical (unpaired) electrons. The lowest BCUT2D eigenvalue weighted by Gasteiger charge is -2.36. The van der Waals surface area contributed by atoms with Crippen molar-refractivity contribution >= 4 is 0 Å². The van der Waals surface area contributed by atoms with E-state index in [9.17, 15) is 0 Å². The van der Waals surface area contributed by atoms with E-state index >= 15 is 0 Å². The van der Waals surface area contributed by atoms with Gasteiger partial charge in [0.25, 0.3) is 0 Å². The lowest BCUT2D eigenvalue weighted by Crippen LogP contribution is -2.51. The summed E-state index contributed by atoms with van der Waals surface area (Å²) < 4.78 is 5.26. The zero-order valence-corrected chi connectivity index (χ0v) is 7.11. The van der Waals surface area contributed by atoms with Crippen LogP contribution in [0.2, 0.25) is 0 Å². The highest BCUT2D eigenvalue weighted by Gasteiger charge is 2.41. The van der Waals surface area contributed by atoms with Crippen molar-refractivity contribution in [1.82, 2.24) is 0 Å². The number of rotatable bonds is 0. The zero-order valence-electron chi connectivity index (χ0n) is 7.11. The van der Waals surface area contributed by atoms with Gasteiger partial charge in [-0.05, 0) is 11.8 Å². The number of hydrogen-bond donors (Lipinski definition) is 1. The van der Waals surface area contributed by atoms with Crippen LogP contribution in [0.5, 0.6) is 0 Å². The summed E-state index contributed by atoms with van der Waals surface area (Å²) in [4.78, 5) is 0. The molecule has 0 aromatic rings. The minimum Gasteiger partial charge on any atom is -0.379 e. The normalized spacial score (nSPS) is 34.8. The Balaban J connectivity index is 2.67. The SMILES string of the molecule is CC(C)(C)C1(N)CCOC1. The van der Waals surface area contributed by atoms with Gasteiger partial charge in [-0.25, -0.2) is 0 Å². The van der Waals surface area contributed by atoms with Gasteiger partial charge < -0.3 is 10.5 Å². The Morgan fingerprint density at radius 1 is 1.40 bits per heavy atom. The molecule has 60 valence electrons. The molecule has 0 aromatic carbocycles. The smallest absolute Gasteiger partial charge is 0.0652 e. The third-order valence-electron chi connectivity index (χ3n) is 2.55. The molecule has 0 spiro atoms. The number of hydrogen-bond acceptors (Lipinski definition) is 2. The molecule has 1 aliphatic heterocycles. The first-order chi connectivity index (χ1) is 4.46. The highest BCUT2D eigenvalue weighted by molar-refractivity contribution is 4.97. The Labute approximate surface area is 62.7 Å². The molecule has 1 fully saturated rings. The Kier molecular flexibility index (Phi) is 1.77. The maximum Gasteiger partial charge on any atom is 0.0652 e. The first-order valence-corrected chi connectivity index (χ1v) is 3.82. The second kappa shape index (κ2) is 2.21. The molecule has 1 saturated heterocycles. The monoisotopic (exact) mass is 143 g/mol. The van der Waals surface area contributed by atoms with E-state index in [1.54, 1.807) is 0 Å². The van der Waals surface area contributed by atoms with Crippen molar-refractivity contribution in [2.75, 3.05) is 13.2 Å². The predicted molar refractivity (Wildman–Crippen MR) is 41.8 cm³/mol. The van der Waals surface area contributed by atoms with Gasteiger partial charge in [0, 0.05) is 12.1 Å². The van der Waals surface area contributed by atoms with Gasteiger partial charge in [-0.3, -0.25) is 0 Å². The van der Waals surface area contributed by atoms with E-state index in [0.29, 0.717) is 0 Å². The molecule has 1 aliphatic rings. The Morgan fingerprint density at radius 2 is 2.00 bits per heavy atom. The molecule has 2 nitrogen and oxygen atoms in total. The van der Waals surface area contributed by atoms with Crippen molar-refractivity contribution in [3.05, 3.63) is 0 Å². The standard InChI is InChI=1S/C8H17NO/c1-7(2,3)8(9)4-5-10-6-8/h4-6,9H2,1-3H3. The van der Waals surface area contributed by atoms with E-state index in [4.69, 9.17) is 10.5 Å². The topological polar surface area (TPSA) is 35.2 Å². The van der Waals surface area contributed by atoms with Crippen LogP contribution in [0.4, 0.5) is 0 Å². The van der Waals surface area contributed by atoms with E-state index in [2.05, 4.69) is 20.8 Å². The third kappa shape index (κ3) is 1.18. The average molecular weight is 143 g/mol. The molecule has 0 bridgehead atoms. The summed E-state index contributed by atoms with van der Waals surface area (Å²) in [7, 11) is 0. The summed E-state index contributed by atoms with van der Waals surface area (Å²) in [5.74, 6) is 0. The summed E-state index contributed by atoms with van der Waals surface area (Å²) >= 11 is 0. The molecule has 0 aromatic heterocycles. The van der Waals surface area contributed by atoms with Gasteiger partial charge in [0.15, 0.2) is 0 Å². The zero-order chi connectivity index (χ0) is 7.83. The van der Waals surface area contributed by atoms with Crippen molar-refractivity contribution in [2.45, 2.75) is 32.7 Å². The average Bonchev–Trinajstić information content (AvgIpc) is 2.13. The summed E-state index contributed by atoms with van der Waals surface area (Å²) in [6.07, 6.45) is 0.997. The molecule has 2 heteroatoms. The number of ether oxygens (including phenoxy) is 1. The van der Waals surface area contributed by atoms with Crippen LogP contribution in [-0.2, 0) is 4.74 Å². The van der Waals surface area contributed by atoms with E-state index in [1.165, 1.54) is 0 Å². The van der Waals surface area contributed by atoms with Crippen molar-refractivity contribution in [3.63, 3.8) is 0 Å². The van der Waals surface area contributed by atoms with E-state index in [1.807, 2.05) is 0 Å². The van der Waals surface area contributed by atoms with Crippen molar-refractivity contribution in [2.24, 2.45) is 11.1 Å². The molecule has 1 unspecified atom stereocenters. The van der Waals surface area contributed by atoms with E-state index < -0.39 is 0 Å². The van der Waals surface area contributed by atoms with Crippen LogP contribution in [0, 0.1) is 5.41 Å². The van der Waals surface area contributed by atoms with Gasteiger partial charge in [0.1, 0.15) is 0 Å². The van der Waals surface area contributed by atoms with E-state index in [0.717, 1.165) is 19.6 Å². The molecule has 1 atom stereocenters. The maximum atomic E-state index is 6.11. The van der Waals surface area contributed by atoms with E-state index in [-0.39, 0.29) is 11.0 Å². The third-order valence-corrected chi connectivity index (χ3v) is 2.55. The van der Waals surface area contributed by atoms with Gasteiger partial charge in [0.2, 0.25) is 0 Å². The Hall–Kier alpha value is -0.0800. The lowest BCUT2D eigenvalue weighted by molar-refractivity contribution is 0.129. The molecule has 1 heterocycles. The van der Waals surface area contributed by atoms with Crippen molar-refractivity contribution in [1.29, 1.82) is 0 Å². The highest BCUT2D eigenvalue weighted by Crippen LogP contribution is 2.34. The fourth-order valence-electron chi connectivity index (χ4n) is 1.17. The molecule has 0 aliphatic carbocycles. The van der Waals surface area contributed by atoms with Gasteiger partial charge in [-0.15, -0.1) is 0 Å². The fraction of sp³-hybridized carbons (Fsp3) is 1.00. The molecule has 1 rings (SSSR count). The van der Waals surface area contributed by atoms with Gasteiger partial charge in [-0.1, -0.05) is 20.8 Å². The summed E-state index contributed by atoms with van der Waals surface area (Å²) in [5.41, 5.74) is 6.19. The van der Waals surface area contributed by atoms with Crippen molar-refractivity contribution in [3.8, 4) is 0 Å². The summed E-state index contributed by atoms with van der Waals surface area (Å²) in [6.45, 7) is 8.05.